The number of nitrogens with zero attached hydrogens (tertiary/aromatic N) is 1. The van der Waals surface area contributed by atoms with Gasteiger partial charge in [-0.3, -0.25) is 4.79 Å². The number of unbranched alkanes of at least 4 members (excludes halogenated alkanes) is 1. The molecule has 1 saturated heterocycles. The number of rotatable bonds is 4. The van der Waals surface area contributed by atoms with Gasteiger partial charge in [-0.1, -0.05) is 13.3 Å². The highest BCUT2D eigenvalue weighted by molar-refractivity contribution is 5.73. The Morgan fingerprint density at radius 3 is 2.57 bits per heavy atom. The summed E-state index contributed by atoms with van der Waals surface area (Å²) in [7, 11) is 0. The van der Waals surface area contributed by atoms with Crippen LogP contribution in [-0.2, 0) is 4.79 Å². The van der Waals surface area contributed by atoms with E-state index in [4.69, 9.17) is 0 Å². The van der Waals surface area contributed by atoms with Gasteiger partial charge in [-0.15, -0.1) is 0 Å². The highest BCUT2D eigenvalue weighted by Gasteiger charge is 2.19. The molecule has 0 spiro atoms. The topological polar surface area (TPSA) is 32.3 Å². The average molecular weight is 198 g/mol. The first-order valence-electron chi connectivity index (χ1n) is 5.73. The monoisotopic (exact) mass is 198 g/mol. The molecule has 0 unspecified atom stereocenters. The van der Waals surface area contributed by atoms with E-state index >= 15 is 0 Å². The lowest BCUT2D eigenvalue weighted by atomic mass is 10.0. The van der Waals surface area contributed by atoms with Crippen molar-refractivity contribution in [1.29, 1.82) is 0 Å². The lowest BCUT2D eigenvalue weighted by Crippen LogP contribution is -2.44. The van der Waals surface area contributed by atoms with E-state index in [0.717, 1.165) is 32.5 Å². The van der Waals surface area contributed by atoms with Gasteiger partial charge in [-0.05, 0) is 25.8 Å². The molecule has 1 heterocycles. The van der Waals surface area contributed by atoms with Gasteiger partial charge >= 0.3 is 0 Å². The standard InChI is InChI=1S/C11H22N2O/c1-3-4-7-12-11-5-8-13(9-6-11)10(2)14/h11-12H,3-9H2,1-2H3. The van der Waals surface area contributed by atoms with Crippen molar-refractivity contribution in [2.24, 2.45) is 0 Å². The second-order valence-corrected chi connectivity index (χ2v) is 4.09. The molecule has 0 aromatic carbocycles. The van der Waals surface area contributed by atoms with Crippen LogP contribution in [0.5, 0.6) is 0 Å². The minimum Gasteiger partial charge on any atom is -0.343 e. The normalized spacial score (nSPS) is 18.6. The summed E-state index contributed by atoms with van der Waals surface area (Å²) in [5.41, 5.74) is 0. The van der Waals surface area contributed by atoms with Gasteiger partial charge in [-0.25, -0.2) is 0 Å². The molecule has 14 heavy (non-hydrogen) atoms. The summed E-state index contributed by atoms with van der Waals surface area (Å²) in [6.07, 6.45) is 4.73. The molecule has 82 valence electrons. The first-order valence-corrected chi connectivity index (χ1v) is 5.73. The van der Waals surface area contributed by atoms with Crippen molar-refractivity contribution in [3.05, 3.63) is 0 Å². The Kier molecular flexibility index (Phi) is 4.94. The van der Waals surface area contributed by atoms with E-state index < -0.39 is 0 Å². The summed E-state index contributed by atoms with van der Waals surface area (Å²) in [6, 6.07) is 0.636. The van der Waals surface area contributed by atoms with Crippen LogP contribution >= 0.6 is 0 Å². The zero-order valence-electron chi connectivity index (χ0n) is 9.38. The van der Waals surface area contributed by atoms with Gasteiger partial charge in [0.25, 0.3) is 0 Å². The average Bonchev–Trinajstić information content (AvgIpc) is 2.19. The van der Waals surface area contributed by atoms with Crippen LogP contribution in [-0.4, -0.2) is 36.5 Å². The van der Waals surface area contributed by atoms with Gasteiger partial charge < -0.3 is 10.2 Å². The second-order valence-electron chi connectivity index (χ2n) is 4.09. The Hall–Kier alpha value is -0.570. The largest absolute Gasteiger partial charge is 0.343 e. The number of hydrogen-bond donors (Lipinski definition) is 1. The van der Waals surface area contributed by atoms with Crippen molar-refractivity contribution in [2.45, 2.75) is 45.6 Å². The van der Waals surface area contributed by atoms with Crippen molar-refractivity contribution in [1.82, 2.24) is 10.2 Å². The molecular weight excluding hydrogens is 176 g/mol. The molecule has 0 aliphatic carbocycles. The van der Waals surface area contributed by atoms with Crippen molar-refractivity contribution < 1.29 is 4.79 Å². The maximum Gasteiger partial charge on any atom is 0.219 e. The van der Waals surface area contributed by atoms with E-state index in [1.165, 1.54) is 12.8 Å². The van der Waals surface area contributed by atoms with Gasteiger partial charge in [0.05, 0.1) is 0 Å². The molecule has 3 nitrogen and oxygen atoms in total. The van der Waals surface area contributed by atoms with E-state index in [1.807, 2.05) is 4.90 Å². The minimum atomic E-state index is 0.219. The summed E-state index contributed by atoms with van der Waals surface area (Å²) in [5, 5.41) is 3.54. The lowest BCUT2D eigenvalue weighted by molar-refractivity contribution is -0.129. The van der Waals surface area contributed by atoms with E-state index in [-0.39, 0.29) is 5.91 Å². The highest BCUT2D eigenvalue weighted by atomic mass is 16.2. The zero-order valence-corrected chi connectivity index (χ0v) is 9.38. The van der Waals surface area contributed by atoms with Crippen LogP contribution in [0.1, 0.15) is 39.5 Å². The maximum absolute atomic E-state index is 11.1. The van der Waals surface area contributed by atoms with Crippen molar-refractivity contribution >= 4 is 5.91 Å². The lowest BCUT2D eigenvalue weighted by Gasteiger charge is -2.31. The number of carbonyl (C=O) groups is 1. The van der Waals surface area contributed by atoms with Gasteiger partial charge in [0.2, 0.25) is 5.91 Å². The number of likely N-dealkylation sites (tertiary alicyclic amines) is 1. The number of hydrogen-bond acceptors (Lipinski definition) is 2. The first kappa shape index (κ1) is 11.5. The van der Waals surface area contributed by atoms with E-state index in [1.54, 1.807) is 6.92 Å². The molecule has 0 bridgehead atoms. The van der Waals surface area contributed by atoms with E-state index in [0.29, 0.717) is 6.04 Å². The van der Waals surface area contributed by atoms with Gasteiger partial charge in [0, 0.05) is 26.1 Å². The first-order chi connectivity index (χ1) is 6.74. The Morgan fingerprint density at radius 1 is 1.43 bits per heavy atom. The highest BCUT2D eigenvalue weighted by Crippen LogP contribution is 2.10. The van der Waals surface area contributed by atoms with Crippen molar-refractivity contribution in [2.75, 3.05) is 19.6 Å². The summed E-state index contributed by atoms with van der Waals surface area (Å²) in [4.78, 5) is 13.0. The predicted octanol–water partition coefficient (Wildman–Crippen LogP) is 1.39. The molecule has 1 aliphatic rings. The number of amides is 1. The van der Waals surface area contributed by atoms with Crippen LogP contribution in [0.15, 0.2) is 0 Å². The van der Waals surface area contributed by atoms with Crippen LogP contribution in [0.2, 0.25) is 0 Å². The zero-order chi connectivity index (χ0) is 10.4. The van der Waals surface area contributed by atoms with Crippen LogP contribution in [0.3, 0.4) is 0 Å². The Balaban J connectivity index is 2.12. The molecule has 0 radical (unpaired) electrons. The number of nitrogens with one attached hydrogen (secondary N) is 1. The number of carbonyl (C=O) groups excluding carboxylic acids is 1. The number of piperidine rings is 1. The third-order valence-electron chi connectivity index (χ3n) is 2.90. The van der Waals surface area contributed by atoms with Crippen LogP contribution in [0, 0.1) is 0 Å². The van der Waals surface area contributed by atoms with Gasteiger partial charge in [-0.2, -0.15) is 0 Å². The van der Waals surface area contributed by atoms with E-state index in [2.05, 4.69) is 12.2 Å². The Bertz CT molecular complexity index is 174. The molecule has 0 aromatic heterocycles. The van der Waals surface area contributed by atoms with E-state index in [9.17, 15) is 4.79 Å². The van der Waals surface area contributed by atoms with Crippen molar-refractivity contribution in [3.8, 4) is 0 Å². The fourth-order valence-corrected chi connectivity index (χ4v) is 1.88. The van der Waals surface area contributed by atoms with Crippen LogP contribution < -0.4 is 5.32 Å². The van der Waals surface area contributed by atoms with Gasteiger partial charge in [0.1, 0.15) is 0 Å². The summed E-state index contributed by atoms with van der Waals surface area (Å²) < 4.78 is 0. The summed E-state index contributed by atoms with van der Waals surface area (Å²) in [6.45, 7) is 6.85. The third kappa shape index (κ3) is 3.66. The minimum absolute atomic E-state index is 0.219. The van der Waals surface area contributed by atoms with Gasteiger partial charge in [0.15, 0.2) is 0 Å². The molecule has 0 atom stereocenters. The van der Waals surface area contributed by atoms with Crippen molar-refractivity contribution in [3.63, 3.8) is 0 Å². The third-order valence-corrected chi connectivity index (χ3v) is 2.90. The van der Waals surface area contributed by atoms with Crippen LogP contribution in [0.4, 0.5) is 0 Å². The Labute approximate surface area is 86.9 Å². The predicted molar refractivity (Wildman–Crippen MR) is 58.2 cm³/mol. The SMILES string of the molecule is CCCCNC1CCN(C(C)=O)CC1. The summed E-state index contributed by atoms with van der Waals surface area (Å²) >= 11 is 0. The summed E-state index contributed by atoms with van der Waals surface area (Å²) in [5.74, 6) is 0.219. The molecule has 1 rings (SSSR count). The molecule has 1 aliphatic heterocycles. The molecule has 1 N–H and O–H groups in total. The molecular formula is C11H22N2O. The maximum atomic E-state index is 11.1. The molecule has 0 saturated carbocycles. The Morgan fingerprint density at radius 2 is 2.07 bits per heavy atom. The fraction of sp³-hybridized carbons (Fsp3) is 0.909. The van der Waals surface area contributed by atoms with Crippen LogP contribution in [0.25, 0.3) is 0 Å². The molecule has 1 amide bonds. The fourth-order valence-electron chi connectivity index (χ4n) is 1.88. The molecule has 3 heteroatoms. The smallest absolute Gasteiger partial charge is 0.219 e. The molecule has 0 aromatic rings. The quantitative estimate of drug-likeness (QED) is 0.692. The molecule has 1 fully saturated rings. The second kappa shape index (κ2) is 6.02.